The molecule has 2 aliphatic heterocycles. The first-order chi connectivity index (χ1) is 5.31. The molecule has 1 unspecified atom stereocenters. The van der Waals surface area contributed by atoms with Crippen molar-refractivity contribution in [2.24, 2.45) is 20.7 Å². The molecule has 0 radical (unpaired) electrons. The lowest BCUT2D eigenvalue weighted by atomic mass is 10.2. The third-order valence-electron chi connectivity index (χ3n) is 1.83. The molecule has 0 aliphatic carbocycles. The van der Waals surface area contributed by atoms with E-state index in [4.69, 9.17) is 0 Å². The largest absolute Gasteiger partial charge is 0.299 e. The number of nitrogens with one attached hydrogen (secondary N) is 1. The zero-order valence-electron chi connectivity index (χ0n) is 6.19. The molecule has 1 N–H and O–H groups in total. The molecule has 0 aromatic heterocycles. The third kappa shape index (κ3) is 1.16. The van der Waals surface area contributed by atoms with Crippen molar-refractivity contribution < 1.29 is 0 Å². The van der Waals surface area contributed by atoms with Gasteiger partial charge in [-0.25, -0.2) is 0 Å². The molecule has 1 saturated heterocycles. The van der Waals surface area contributed by atoms with Crippen LogP contribution in [-0.2, 0) is 0 Å². The highest BCUT2D eigenvalue weighted by Gasteiger charge is 2.39. The summed E-state index contributed by atoms with van der Waals surface area (Å²) < 4.78 is 0. The molecular weight excluding hydrogens is 162 g/mol. The van der Waals surface area contributed by atoms with Crippen LogP contribution in [0.25, 0.3) is 0 Å². The van der Waals surface area contributed by atoms with Crippen LogP contribution in [0.4, 0.5) is 0 Å². The molecule has 0 spiro atoms. The number of thioether (sulfide) groups is 1. The normalized spacial score (nSPS) is 37.2. The second-order valence-electron chi connectivity index (χ2n) is 2.67. The molecule has 2 rings (SSSR count). The Labute approximate surface area is 68.7 Å². The summed E-state index contributed by atoms with van der Waals surface area (Å²) in [5, 5.41) is 18.1. The number of nitrogens with zero attached hydrogens (tertiary/aromatic N) is 4. The fourth-order valence-electron chi connectivity index (χ4n) is 1.17. The molecule has 0 amide bonds. The maximum atomic E-state index is 3.90. The Balaban J connectivity index is 2.12. The van der Waals surface area contributed by atoms with Crippen LogP contribution < -0.4 is 5.32 Å². The van der Waals surface area contributed by atoms with Crippen molar-refractivity contribution in [3.8, 4) is 0 Å². The SMILES string of the molecule is CC1(C2N=NN=N2)NCCS1. The van der Waals surface area contributed by atoms with Crippen LogP contribution in [0.5, 0.6) is 0 Å². The Morgan fingerprint density at radius 3 is 2.73 bits per heavy atom. The zero-order valence-corrected chi connectivity index (χ0v) is 7.01. The van der Waals surface area contributed by atoms with E-state index in [1.165, 1.54) is 0 Å². The first-order valence-corrected chi connectivity index (χ1v) is 4.49. The summed E-state index contributed by atoms with van der Waals surface area (Å²) in [5.41, 5.74) is 0. The average Bonchev–Trinajstić information content (AvgIpc) is 2.55. The summed E-state index contributed by atoms with van der Waals surface area (Å²) in [6.07, 6.45) is -0.130. The minimum atomic E-state index is -0.130. The van der Waals surface area contributed by atoms with E-state index in [0.717, 1.165) is 12.3 Å². The maximum Gasteiger partial charge on any atom is 0.212 e. The van der Waals surface area contributed by atoms with Crippen molar-refractivity contribution in [2.45, 2.75) is 18.0 Å². The van der Waals surface area contributed by atoms with Gasteiger partial charge in [0.1, 0.15) is 4.87 Å². The lowest BCUT2D eigenvalue weighted by molar-refractivity contribution is 0.452. The van der Waals surface area contributed by atoms with Gasteiger partial charge in [-0.15, -0.1) is 22.0 Å². The van der Waals surface area contributed by atoms with Crippen LogP contribution in [0, 0.1) is 0 Å². The number of rotatable bonds is 1. The van der Waals surface area contributed by atoms with E-state index in [2.05, 4.69) is 32.9 Å². The maximum absolute atomic E-state index is 3.90. The molecule has 0 bridgehead atoms. The molecule has 2 aliphatic rings. The molecule has 0 saturated carbocycles. The Hall–Kier alpha value is -0.490. The van der Waals surface area contributed by atoms with Crippen molar-refractivity contribution in [1.29, 1.82) is 0 Å². The average molecular weight is 171 g/mol. The first-order valence-electron chi connectivity index (χ1n) is 3.50. The number of hydrogen-bond acceptors (Lipinski definition) is 6. The van der Waals surface area contributed by atoms with Gasteiger partial charge in [0.15, 0.2) is 0 Å². The molecule has 5 nitrogen and oxygen atoms in total. The predicted octanol–water partition coefficient (Wildman–Crippen LogP) is 1.20. The van der Waals surface area contributed by atoms with Gasteiger partial charge in [0.25, 0.3) is 0 Å². The van der Waals surface area contributed by atoms with Gasteiger partial charge in [0, 0.05) is 12.3 Å². The topological polar surface area (TPSA) is 61.5 Å². The van der Waals surface area contributed by atoms with E-state index in [9.17, 15) is 0 Å². The van der Waals surface area contributed by atoms with Crippen molar-refractivity contribution in [3.63, 3.8) is 0 Å². The van der Waals surface area contributed by atoms with E-state index in [0.29, 0.717) is 0 Å². The van der Waals surface area contributed by atoms with E-state index in [1.807, 2.05) is 11.8 Å². The van der Waals surface area contributed by atoms with Gasteiger partial charge in [-0.3, -0.25) is 5.32 Å². The molecule has 11 heavy (non-hydrogen) atoms. The monoisotopic (exact) mass is 171 g/mol. The molecule has 60 valence electrons. The third-order valence-corrected chi connectivity index (χ3v) is 3.20. The van der Waals surface area contributed by atoms with Gasteiger partial charge in [-0.05, 0) is 17.4 Å². The lowest BCUT2D eigenvalue weighted by Gasteiger charge is -2.23. The molecule has 2 heterocycles. The highest BCUT2D eigenvalue weighted by molar-refractivity contribution is 8.00. The van der Waals surface area contributed by atoms with Crippen molar-refractivity contribution in [3.05, 3.63) is 0 Å². The Morgan fingerprint density at radius 1 is 1.45 bits per heavy atom. The fourth-order valence-corrected chi connectivity index (χ4v) is 2.24. The highest BCUT2D eigenvalue weighted by atomic mass is 32.2. The summed E-state index contributed by atoms with van der Waals surface area (Å²) in [5.74, 6) is 1.11. The Kier molecular flexibility index (Phi) is 1.65. The summed E-state index contributed by atoms with van der Waals surface area (Å²) in [6.45, 7) is 3.10. The van der Waals surface area contributed by atoms with E-state index in [-0.39, 0.29) is 11.0 Å². The standard InChI is InChI=1S/C5H9N5S/c1-5(6-2-3-11-5)4-7-9-10-8-4/h4,6H,2-3H2,1H3. The summed E-state index contributed by atoms with van der Waals surface area (Å²) in [7, 11) is 0. The van der Waals surface area contributed by atoms with Crippen LogP contribution in [-0.4, -0.2) is 23.3 Å². The van der Waals surface area contributed by atoms with Gasteiger partial charge in [0.05, 0.1) is 0 Å². The van der Waals surface area contributed by atoms with Crippen molar-refractivity contribution in [2.75, 3.05) is 12.3 Å². The van der Waals surface area contributed by atoms with Gasteiger partial charge >= 0.3 is 0 Å². The van der Waals surface area contributed by atoms with Gasteiger partial charge in [-0.2, -0.15) is 0 Å². The highest BCUT2D eigenvalue weighted by Crippen LogP contribution is 2.34. The van der Waals surface area contributed by atoms with Gasteiger partial charge in [-0.1, -0.05) is 0 Å². The quantitative estimate of drug-likeness (QED) is 0.644. The van der Waals surface area contributed by atoms with Crippen molar-refractivity contribution in [1.82, 2.24) is 5.32 Å². The van der Waals surface area contributed by atoms with Crippen LogP contribution in [0.3, 0.4) is 0 Å². The summed E-state index contributed by atoms with van der Waals surface area (Å²) >= 11 is 1.82. The van der Waals surface area contributed by atoms with Crippen molar-refractivity contribution >= 4 is 11.8 Å². The molecule has 0 aromatic carbocycles. The summed E-state index contributed by atoms with van der Waals surface area (Å²) in [6, 6.07) is 0. The molecular formula is C5H9N5S. The predicted molar refractivity (Wildman–Crippen MR) is 42.4 cm³/mol. The lowest BCUT2D eigenvalue weighted by Crippen LogP contribution is -2.42. The second kappa shape index (κ2) is 2.53. The van der Waals surface area contributed by atoms with Crippen LogP contribution in [0.1, 0.15) is 6.92 Å². The van der Waals surface area contributed by atoms with Crippen LogP contribution in [0.2, 0.25) is 0 Å². The molecule has 1 atom stereocenters. The van der Waals surface area contributed by atoms with E-state index in [1.54, 1.807) is 0 Å². The molecule has 1 fully saturated rings. The van der Waals surface area contributed by atoms with Crippen LogP contribution in [0.15, 0.2) is 20.7 Å². The molecule has 6 heteroatoms. The zero-order chi connectivity index (χ0) is 7.73. The minimum Gasteiger partial charge on any atom is -0.299 e. The number of hydrogen-bond donors (Lipinski definition) is 1. The van der Waals surface area contributed by atoms with E-state index >= 15 is 0 Å². The smallest absolute Gasteiger partial charge is 0.212 e. The van der Waals surface area contributed by atoms with Gasteiger partial charge in [0.2, 0.25) is 6.17 Å². The summed E-state index contributed by atoms with van der Waals surface area (Å²) in [4.78, 5) is -0.0799. The minimum absolute atomic E-state index is 0.0799. The molecule has 0 aromatic rings. The Morgan fingerprint density at radius 2 is 2.18 bits per heavy atom. The van der Waals surface area contributed by atoms with E-state index < -0.39 is 0 Å². The Bertz CT molecular complexity index is 195. The van der Waals surface area contributed by atoms with Crippen LogP contribution >= 0.6 is 11.8 Å². The fraction of sp³-hybridized carbons (Fsp3) is 1.00. The second-order valence-corrected chi connectivity index (χ2v) is 4.21. The first kappa shape index (κ1) is 7.17. The van der Waals surface area contributed by atoms with Gasteiger partial charge < -0.3 is 0 Å².